The first-order valence-electron chi connectivity index (χ1n) is 10.6. The van der Waals surface area contributed by atoms with Gasteiger partial charge >= 0.3 is 6.18 Å². The maximum absolute atomic E-state index is 14.7. The zero-order valence-electron chi connectivity index (χ0n) is 17.6. The van der Waals surface area contributed by atoms with Gasteiger partial charge in [0.2, 0.25) is 0 Å². The van der Waals surface area contributed by atoms with Crippen molar-refractivity contribution < 1.29 is 31.1 Å². The molecule has 180 valence electrons. The lowest BCUT2D eigenvalue weighted by Crippen LogP contribution is -2.55. The lowest BCUT2D eigenvalue weighted by molar-refractivity contribution is -0.141. The smallest absolute Gasteiger partial charge is 0.378 e. The van der Waals surface area contributed by atoms with E-state index in [0.717, 1.165) is 6.20 Å². The third kappa shape index (κ3) is 5.28. The van der Waals surface area contributed by atoms with Crippen LogP contribution in [0.1, 0.15) is 30.1 Å². The number of rotatable bonds is 4. The number of aliphatic hydroxyl groups excluding tert-OH is 1. The quantitative estimate of drug-likeness (QED) is 0.663. The molecular weight excluding hydrogens is 464 g/mol. The fraction of sp³-hybridized carbons (Fsp3) is 0.524. The average Bonchev–Trinajstić information content (AvgIpc) is 2.78. The van der Waals surface area contributed by atoms with E-state index in [2.05, 4.69) is 9.97 Å². The molecule has 2 unspecified atom stereocenters. The Balaban J connectivity index is 1.58. The number of hydrogen-bond acceptors (Lipinski definition) is 7. The second kappa shape index (κ2) is 9.15. The minimum atomic E-state index is -4.60. The van der Waals surface area contributed by atoms with Gasteiger partial charge in [-0.25, -0.2) is 22.8 Å². The molecule has 2 aliphatic rings. The van der Waals surface area contributed by atoms with Crippen LogP contribution in [0.5, 0.6) is 0 Å². The number of anilines is 1. The van der Waals surface area contributed by atoms with Gasteiger partial charge in [0.05, 0.1) is 29.9 Å². The van der Waals surface area contributed by atoms with Gasteiger partial charge in [-0.3, -0.25) is 4.90 Å². The minimum Gasteiger partial charge on any atom is -0.378 e. The fourth-order valence-corrected chi connectivity index (χ4v) is 5.98. The summed E-state index contributed by atoms with van der Waals surface area (Å²) in [6.45, 7) is 0.780. The Hall–Kier alpha value is -2.31. The molecule has 0 bridgehead atoms. The van der Waals surface area contributed by atoms with Crippen LogP contribution in [0.15, 0.2) is 36.7 Å². The molecule has 1 N–H and O–H groups in total. The number of alkyl halides is 3. The Morgan fingerprint density at radius 3 is 2.36 bits per heavy atom. The van der Waals surface area contributed by atoms with Crippen molar-refractivity contribution >= 4 is 15.7 Å². The van der Waals surface area contributed by atoms with Gasteiger partial charge in [-0.05, 0) is 18.9 Å². The lowest BCUT2D eigenvalue weighted by atomic mass is 9.95. The van der Waals surface area contributed by atoms with E-state index in [-0.39, 0.29) is 36.3 Å². The molecule has 7 nitrogen and oxygen atoms in total. The van der Waals surface area contributed by atoms with E-state index in [1.54, 1.807) is 28.0 Å². The first kappa shape index (κ1) is 23.8. The maximum atomic E-state index is 14.7. The van der Waals surface area contributed by atoms with Crippen molar-refractivity contribution in [1.29, 1.82) is 0 Å². The first-order chi connectivity index (χ1) is 15.5. The molecule has 33 heavy (non-hydrogen) atoms. The number of piperazine rings is 1. The van der Waals surface area contributed by atoms with Crippen LogP contribution in [0, 0.1) is 11.7 Å². The van der Waals surface area contributed by atoms with E-state index in [4.69, 9.17) is 0 Å². The van der Waals surface area contributed by atoms with E-state index >= 15 is 0 Å². The Kier molecular flexibility index (Phi) is 6.61. The van der Waals surface area contributed by atoms with E-state index < -0.39 is 39.8 Å². The predicted octanol–water partition coefficient (Wildman–Crippen LogP) is 2.64. The highest BCUT2D eigenvalue weighted by Gasteiger charge is 2.39. The summed E-state index contributed by atoms with van der Waals surface area (Å²) >= 11 is 0. The fourth-order valence-electron chi connectivity index (χ4n) is 4.45. The molecule has 3 heterocycles. The molecule has 0 saturated carbocycles. The van der Waals surface area contributed by atoms with Crippen molar-refractivity contribution in [2.45, 2.75) is 31.3 Å². The molecule has 0 amide bonds. The van der Waals surface area contributed by atoms with Crippen molar-refractivity contribution in [3.63, 3.8) is 0 Å². The van der Waals surface area contributed by atoms with Crippen LogP contribution < -0.4 is 4.90 Å². The van der Waals surface area contributed by atoms with E-state index in [1.165, 1.54) is 6.07 Å². The maximum Gasteiger partial charge on any atom is 0.434 e. The molecule has 12 heteroatoms. The Bertz CT molecular complexity index is 1070. The number of aromatic nitrogens is 2. The van der Waals surface area contributed by atoms with Crippen molar-refractivity contribution in [1.82, 2.24) is 14.9 Å². The molecule has 2 aliphatic heterocycles. The Labute approximate surface area is 189 Å². The molecule has 0 spiro atoms. The Morgan fingerprint density at radius 1 is 1.06 bits per heavy atom. The number of aliphatic hydroxyl groups is 1. The number of nitrogens with zero attached hydrogens (tertiary/aromatic N) is 4. The van der Waals surface area contributed by atoms with E-state index in [1.807, 2.05) is 0 Å². The second-order valence-electron chi connectivity index (χ2n) is 8.38. The van der Waals surface area contributed by atoms with Gasteiger partial charge < -0.3 is 10.0 Å². The highest BCUT2D eigenvalue weighted by Crippen LogP contribution is 2.35. The minimum absolute atomic E-state index is 0.000198. The summed E-state index contributed by atoms with van der Waals surface area (Å²) < 4.78 is 76.7. The van der Waals surface area contributed by atoms with Crippen LogP contribution in [0.3, 0.4) is 0 Å². The lowest BCUT2D eigenvalue weighted by Gasteiger charge is -2.46. The molecule has 4 rings (SSSR count). The zero-order valence-corrected chi connectivity index (χ0v) is 18.4. The largest absolute Gasteiger partial charge is 0.434 e. The van der Waals surface area contributed by atoms with Gasteiger partial charge in [0, 0.05) is 31.1 Å². The van der Waals surface area contributed by atoms with Gasteiger partial charge in [-0.15, -0.1) is 0 Å². The summed E-state index contributed by atoms with van der Waals surface area (Å²) in [4.78, 5) is 10.8. The van der Waals surface area contributed by atoms with Gasteiger partial charge in [-0.2, -0.15) is 13.2 Å². The highest BCUT2D eigenvalue weighted by atomic mass is 32.2. The van der Waals surface area contributed by atoms with Gasteiger partial charge in [0.15, 0.2) is 5.69 Å². The zero-order chi connectivity index (χ0) is 23.8. The third-order valence-corrected chi connectivity index (χ3v) is 8.01. The van der Waals surface area contributed by atoms with Gasteiger partial charge in [0.1, 0.15) is 27.7 Å². The number of halogens is 4. The molecule has 0 aliphatic carbocycles. The van der Waals surface area contributed by atoms with Crippen molar-refractivity contribution in [3.8, 4) is 0 Å². The first-order valence-corrected chi connectivity index (χ1v) is 12.4. The average molecular weight is 489 g/mol. The summed E-state index contributed by atoms with van der Waals surface area (Å²) in [5, 5.41) is 11.1. The van der Waals surface area contributed by atoms with Gasteiger partial charge in [-0.1, -0.05) is 18.2 Å². The molecule has 0 radical (unpaired) electrons. The summed E-state index contributed by atoms with van der Waals surface area (Å²) in [7, 11) is -3.10. The molecule has 1 aromatic heterocycles. The van der Waals surface area contributed by atoms with Crippen LogP contribution in [-0.2, 0) is 16.0 Å². The molecular formula is C21H24F4N4O3S. The number of hydrogen-bond donors (Lipinski definition) is 1. The standard InChI is InChI=1S/C21H24F4N4O3S/c22-16-4-2-1-3-15(16)17-13-28(19-12-26-18(11-27-19)21(23,24)25)7-8-29(17)20(30)14-5-9-33(31,32)10-6-14/h1-4,11-12,14,17,20,30H,5-10,13H2. The van der Waals surface area contributed by atoms with Crippen LogP contribution in [0.25, 0.3) is 0 Å². The normalized spacial score (nSPS) is 23.4. The second-order valence-corrected chi connectivity index (χ2v) is 10.7. The molecule has 1 aromatic carbocycles. The van der Waals surface area contributed by atoms with Crippen LogP contribution in [0.4, 0.5) is 23.4 Å². The number of sulfone groups is 1. The Morgan fingerprint density at radius 2 is 1.76 bits per heavy atom. The molecule has 2 fully saturated rings. The third-order valence-electron chi connectivity index (χ3n) is 6.30. The highest BCUT2D eigenvalue weighted by molar-refractivity contribution is 7.91. The van der Waals surface area contributed by atoms with E-state index in [9.17, 15) is 31.1 Å². The van der Waals surface area contributed by atoms with Crippen LogP contribution in [-0.4, -0.2) is 65.8 Å². The molecule has 2 aromatic rings. The summed E-state index contributed by atoms with van der Waals surface area (Å²) in [6.07, 6.45) is -3.24. The van der Waals surface area contributed by atoms with Gasteiger partial charge in [0.25, 0.3) is 0 Å². The number of benzene rings is 1. The van der Waals surface area contributed by atoms with E-state index in [0.29, 0.717) is 31.1 Å². The molecule has 2 saturated heterocycles. The SMILES string of the molecule is O=S1(=O)CCC(C(O)N2CCN(c3cnc(C(F)(F)F)cn3)CC2c2ccccc2F)CC1. The summed E-state index contributed by atoms with van der Waals surface area (Å²) in [5.74, 6) is -0.519. The van der Waals surface area contributed by atoms with Crippen LogP contribution in [0.2, 0.25) is 0 Å². The topological polar surface area (TPSA) is 86.6 Å². The summed E-state index contributed by atoms with van der Waals surface area (Å²) in [5.41, 5.74) is -0.761. The molecule has 2 atom stereocenters. The van der Waals surface area contributed by atoms with Crippen molar-refractivity contribution in [3.05, 3.63) is 53.7 Å². The van der Waals surface area contributed by atoms with Crippen LogP contribution >= 0.6 is 0 Å². The predicted molar refractivity (Wildman–Crippen MR) is 112 cm³/mol. The van der Waals surface area contributed by atoms with Crippen molar-refractivity contribution in [2.24, 2.45) is 5.92 Å². The van der Waals surface area contributed by atoms with Crippen molar-refractivity contribution in [2.75, 3.05) is 36.0 Å². The summed E-state index contributed by atoms with van der Waals surface area (Å²) in [6, 6.07) is 5.52. The monoisotopic (exact) mass is 488 g/mol.